The fraction of sp³-hybridized carbons (Fsp3) is 0.520. The van der Waals surface area contributed by atoms with E-state index in [9.17, 15) is 9.59 Å². The van der Waals surface area contributed by atoms with Crippen molar-refractivity contribution >= 4 is 11.8 Å². The Labute approximate surface area is 190 Å². The van der Waals surface area contributed by atoms with E-state index in [2.05, 4.69) is 0 Å². The van der Waals surface area contributed by atoms with Crippen molar-refractivity contribution < 1.29 is 23.5 Å². The van der Waals surface area contributed by atoms with E-state index in [0.717, 1.165) is 25.0 Å². The van der Waals surface area contributed by atoms with Crippen LogP contribution in [-0.4, -0.2) is 59.6 Å². The van der Waals surface area contributed by atoms with Crippen molar-refractivity contribution in [2.45, 2.75) is 58.4 Å². The maximum absolute atomic E-state index is 13.3. The van der Waals surface area contributed by atoms with Gasteiger partial charge < -0.3 is 23.7 Å². The SMILES string of the molecule is CC(C)(C)N(CC(=O)N(Cc1ccco1)C[C@@H]1CCCO1)C(=O)COCc1ccccc1. The van der Waals surface area contributed by atoms with E-state index in [4.69, 9.17) is 13.9 Å². The van der Waals surface area contributed by atoms with E-state index in [-0.39, 0.29) is 31.1 Å². The zero-order chi connectivity index (χ0) is 23.0. The Balaban J connectivity index is 1.63. The van der Waals surface area contributed by atoms with Crippen molar-refractivity contribution in [1.29, 1.82) is 0 Å². The molecule has 0 aliphatic carbocycles. The summed E-state index contributed by atoms with van der Waals surface area (Å²) in [5.74, 6) is 0.358. The number of carbonyl (C=O) groups excluding carboxylic acids is 2. The number of furan rings is 1. The van der Waals surface area contributed by atoms with Crippen LogP contribution in [0.3, 0.4) is 0 Å². The molecule has 1 fully saturated rings. The highest BCUT2D eigenvalue weighted by Gasteiger charge is 2.31. The topological polar surface area (TPSA) is 72.2 Å². The first kappa shape index (κ1) is 24.0. The summed E-state index contributed by atoms with van der Waals surface area (Å²) in [6, 6.07) is 13.4. The van der Waals surface area contributed by atoms with Gasteiger partial charge in [0.05, 0.1) is 25.5 Å². The summed E-state index contributed by atoms with van der Waals surface area (Å²) in [5, 5.41) is 0. The van der Waals surface area contributed by atoms with Crippen LogP contribution >= 0.6 is 0 Å². The second-order valence-electron chi connectivity index (χ2n) is 9.12. The van der Waals surface area contributed by atoms with Crippen molar-refractivity contribution in [2.24, 2.45) is 0 Å². The lowest BCUT2D eigenvalue weighted by Crippen LogP contribution is -2.52. The van der Waals surface area contributed by atoms with Crippen molar-refractivity contribution in [1.82, 2.24) is 9.80 Å². The fourth-order valence-corrected chi connectivity index (χ4v) is 3.72. The molecule has 32 heavy (non-hydrogen) atoms. The molecular formula is C25H34N2O5. The molecule has 1 aliphatic rings. The van der Waals surface area contributed by atoms with Crippen LogP contribution in [0, 0.1) is 0 Å². The Kier molecular flexibility index (Phi) is 8.47. The van der Waals surface area contributed by atoms with Gasteiger partial charge >= 0.3 is 0 Å². The second kappa shape index (κ2) is 11.3. The van der Waals surface area contributed by atoms with Gasteiger partial charge in [0.25, 0.3) is 0 Å². The Hall–Kier alpha value is -2.64. The average molecular weight is 443 g/mol. The van der Waals surface area contributed by atoms with Gasteiger partial charge in [0.15, 0.2) is 0 Å². The molecule has 1 aliphatic heterocycles. The third-order valence-corrected chi connectivity index (χ3v) is 5.47. The van der Waals surface area contributed by atoms with E-state index in [1.807, 2.05) is 57.2 Å². The molecule has 174 valence electrons. The predicted molar refractivity (Wildman–Crippen MR) is 121 cm³/mol. The van der Waals surface area contributed by atoms with Crippen molar-refractivity contribution in [3.63, 3.8) is 0 Å². The van der Waals surface area contributed by atoms with Gasteiger partial charge in [0.1, 0.15) is 18.9 Å². The molecule has 0 radical (unpaired) electrons. The molecule has 0 spiro atoms. The van der Waals surface area contributed by atoms with Gasteiger partial charge in [-0.05, 0) is 51.3 Å². The first-order valence-corrected chi connectivity index (χ1v) is 11.2. The molecule has 0 bridgehead atoms. The maximum Gasteiger partial charge on any atom is 0.249 e. The summed E-state index contributed by atoms with van der Waals surface area (Å²) in [6.07, 6.45) is 3.54. The Morgan fingerprint density at radius 3 is 2.50 bits per heavy atom. The number of ether oxygens (including phenoxy) is 2. The molecule has 2 heterocycles. The smallest absolute Gasteiger partial charge is 0.249 e. The quantitative estimate of drug-likeness (QED) is 0.562. The van der Waals surface area contributed by atoms with Gasteiger partial charge in [-0.25, -0.2) is 0 Å². The largest absolute Gasteiger partial charge is 0.467 e. The van der Waals surface area contributed by atoms with E-state index in [0.29, 0.717) is 25.5 Å². The number of carbonyl (C=O) groups is 2. The van der Waals surface area contributed by atoms with E-state index < -0.39 is 5.54 Å². The van der Waals surface area contributed by atoms with Crippen LogP contribution in [0.25, 0.3) is 0 Å². The lowest BCUT2D eigenvalue weighted by molar-refractivity contribution is -0.149. The molecule has 7 heteroatoms. The molecule has 1 atom stereocenters. The number of amides is 2. The minimum absolute atomic E-state index is 0.0157. The Bertz CT molecular complexity index is 839. The summed E-state index contributed by atoms with van der Waals surface area (Å²) in [4.78, 5) is 29.6. The summed E-state index contributed by atoms with van der Waals surface area (Å²) in [5.41, 5.74) is 0.475. The highest BCUT2D eigenvalue weighted by molar-refractivity contribution is 5.86. The second-order valence-corrected chi connectivity index (χ2v) is 9.12. The van der Waals surface area contributed by atoms with Crippen LogP contribution in [0.15, 0.2) is 53.1 Å². The lowest BCUT2D eigenvalue weighted by Gasteiger charge is -2.37. The Morgan fingerprint density at radius 2 is 1.88 bits per heavy atom. The van der Waals surface area contributed by atoms with Crippen LogP contribution in [0.5, 0.6) is 0 Å². The minimum atomic E-state index is -0.525. The first-order chi connectivity index (χ1) is 15.3. The molecular weight excluding hydrogens is 408 g/mol. The number of rotatable bonds is 10. The predicted octanol–water partition coefficient (Wildman–Crippen LogP) is 3.63. The molecule has 3 rings (SSSR count). The number of nitrogens with zero attached hydrogens (tertiary/aromatic N) is 2. The molecule has 1 saturated heterocycles. The molecule has 0 N–H and O–H groups in total. The third kappa shape index (κ3) is 7.21. The van der Waals surface area contributed by atoms with Crippen LogP contribution < -0.4 is 0 Å². The van der Waals surface area contributed by atoms with Gasteiger partial charge in [-0.1, -0.05) is 30.3 Å². The summed E-state index contributed by atoms with van der Waals surface area (Å²) >= 11 is 0. The molecule has 0 unspecified atom stereocenters. The van der Waals surface area contributed by atoms with E-state index in [1.165, 1.54) is 0 Å². The van der Waals surface area contributed by atoms with E-state index >= 15 is 0 Å². The van der Waals surface area contributed by atoms with Crippen molar-refractivity contribution in [2.75, 3.05) is 26.3 Å². The Morgan fingerprint density at radius 1 is 1.09 bits per heavy atom. The van der Waals surface area contributed by atoms with Gasteiger partial charge in [0.2, 0.25) is 11.8 Å². The summed E-state index contributed by atoms with van der Waals surface area (Å²) < 4.78 is 16.8. The first-order valence-electron chi connectivity index (χ1n) is 11.2. The minimum Gasteiger partial charge on any atom is -0.467 e. The zero-order valence-corrected chi connectivity index (χ0v) is 19.3. The highest BCUT2D eigenvalue weighted by atomic mass is 16.5. The molecule has 2 aromatic rings. The zero-order valence-electron chi connectivity index (χ0n) is 19.3. The fourth-order valence-electron chi connectivity index (χ4n) is 3.72. The monoisotopic (exact) mass is 442 g/mol. The highest BCUT2D eigenvalue weighted by Crippen LogP contribution is 2.18. The van der Waals surface area contributed by atoms with Crippen LogP contribution in [0.4, 0.5) is 0 Å². The number of hydrogen-bond donors (Lipinski definition) is 0. The number of benzene rings is 1. The molecule has 7 nitrogen and oxygen atoms in total. The third-order valence-electron chi connectivity index (χ3n) is 5.47. The lowest BCUT2D eigenvalue weighted by atomic mass is 10.1. The van der Waals surface area contributed by atoms with Crippen molar-refractivity contribution in [3.8, 4) is 0 Å². The molecule has 2 amide bonds. The normalized spacial score (nSPS) is 16.2. The van der Waals surface area contributed by atoms with Crippen LogP contribution in [-0.2, 0) is 32.2 Å². The van der Waals surface area contributed by atoms with Gasteiger partial charge in [-0.3, -0.25) is 9.59 Å². The standard InChI is InChI=1S/C25H34N2O5/c1-25(2,3)27(24(29)19-30-18-20-9-5-4-6-10-20)17-23(28)26(15-21-11-7-13-31-21)16-22-12-8-14-32-22/h4-7,9-11,13,22H,8,12,14-19H2,1-3H3/t22-/m0/s1. The summed E-state index contributed by atoms with van der Waals surface area (Å²) in [6.45, 7) is 7.57. The molecule has 0 saturated carbocycles. The van der Waals surface area contributed by atoms with Crippen LogP contribution in [0.2, 0.25) is 0 Å². The molecule has 1 aromatic carbocycles. The van der Waals surface area contributed by atoms with Gasteiger partial charge in [0, 0.05) is 18.7 Å². The molecule has 1 aromatic heterocycles. The maximum atomic E-state index is 13.3. The van der Waals surface area contributed by atoms with Gasteiger partial charge in [-0.2, -0.15) is 0 Å². The average Bonchev–Trinajstić information content (AvgIpc) is 3.45. The van der Waals surface area contributed by atoms with Crippen LogP contribution in [0.1, 0.15) is 44.9 Å². The summed E-state index contributed by atoms with van der Waals surface area (Å²) in [7, 11) is 0. The van der Waals surface area contributed by atoms with E-state index in [1.54, 1.807) is 22.1 Å². The van der Waals surface area contributed by atoms with Crippen molar-refractivity contribution in [3.05, 3.63) is 60.1 Å². The van der Waals surface area contributed by atoms with Gasteiger partial charge in [-0.15, -0.1) is 0 Å². The number of hydrogen-bond acceptors (Lipinski definition) is 5.